The van der Waals surface area contributed by atoms with Crippen LogP contribution in [-0.4, -0.2) is 9.78 Å². The van der Waals surface area contributed by atoms with Crippen molar-refractivity contribution in [1.29, 1.82) is 0 Å². The number of aromatic nitrogens is 2. The highest BCUT2D eigenvalue weighted by atomic mass is 35.5. The van der Waals surface area contributed by atoms with Crippen molar-refractivity contribution in [3.63, 3.8) is 0 Å². The summed E-state index contributed by atoms with van der Waals surface area (Å²) in [7, 11) is 0. The number of hydrogen-bond donors (Lipinski definition) is 2. The second-order valence-corrected chi connectivity index (χ2v) is 4.73. The van der Waals surface area contributed by atoms with Gasteiger partial charge in [0.15, 0.2) is 0 Å². The standard InChI is InChI=1S/C13H16ClFN4/c1-3-19-13(10(14)7-17-19)12(18-16)9-6-8(2)4-5-11(9)15/h4-7,12,18H,3,16H2,1-2H3. The van der Waals surface area contributed by atoms with E-state index in [1.807, 2.05) is 13.8 Å². The third-order valence-electron chi connectivity index (χ3n) is 3.04. The molecular formula is C13H16ClFN4. The molecule has 0 radical (unpaired) electrons. The second-order valence-electron chi connectivity index (χ2n) is 4.32. The molecule has 1 aromatic heterocycles. The van der Waals surface area contributed by atoms with Gasteiger partial charge >= 0.3 is 0 Å². The Kier molecular flexibility index (Phi) is 4.19. The summed E-state index contributed by atoms with van der Waals surface area (Å²) >= 11 is 6.14. The molecule has 4 nitrogen and oxygen atoms in total. The van der Waals surface area contributed by atoms with Gasteiger partial charge in [0.05, 0.1) is 23.0 Å². The average molecular weight is 283 g/mol. The van der Waals surface area contributed by atoms with Gasteiger partial charge < -0.3 is 0 Å². The van der Waals surface area contributed by atoms with Gasteiger partial charge in [0.1, 0.15) is 5.82 Å². The summed E-state index contributed by atoms with van der Waals surface area (Å²) in [4.78, 5) is 0. The second kappa shape index (κ2) is 5.69. The molecule has 0 aliphatic carbocycles. The Bertz CT molecular complexity index is 582. The summed E-state index contributed by atoms with van der Waals surface area (Å²) in [5.74, 6) is 5.27. The molecule has 102 valence electrons. The fraction of sp³-hybridized carbons (Fsp3) is 0.308. The number of hydrazine groups is 1. The molecule has 0 saturated heterocycles. The normalized spacial score (nSPS) is 12.7. The van der Waals surface area contributed by atoms with Crippen molar-refractivity contribution >= 4 is 11.6 Å². The number of halogens is 2. The predicted molar refractivity (Wildman–Crippen MR) is 73.2 cm³/mol. The molecule has 0 aliphatic rings. The van der Waals surface area contributed by atoms with E-state index in [1.54, 1.807) is 23.0 Å². The summed E-state index contributed by atoms with van der Waals surface area (Å²) in [5.41, 5.74) is 4.69. The zero-order valence-corrected chi connectivity index (χ0v) is 11.6. The monoisotopic (exact) mass is 282 g/mol. The van der Waals surface area contributed by atoms with Crippen LogP contribution in [-0.2, 0) is 6.54 Å². The Labute approximate surface area is 116 Å². The first kappa shape index (κ1) is 14.0. The van der Waals surface area contributed by atoms with E-state index in [4.69, 9.17) is 17.4 Å². The van der Waals surface area contributed by atoms with E-state index < -0.39 is 6.04 Å². The Morgan fingerprint density at radius 1 is 1.53 bits per heavy atom. The lowest BCUT2D eigenvalue weighted by atomic mass is 10.0. The van der Waals surface area contributed by atoms with Crippen molar-refractivity contribution in [2.75, 3.05) is 0 Å². The molecule has 0 saturated carbocycles. The van der Waals surface area contributed by atoms with Gasteiger partial charge in [0.25, 0.3) is 0 Å². The number of aryl methyl sites for hydroxylation is 2. The lowest BCUT2D eigenvalue weighted by Gasteiger charge is -2.19. The van der Waals surface area contributed by atoms with Crippen LogP contribution in [0.25, 0.3) is 0 Å². The van der Waals surface area contributed by atoms with Crippen molar-refractivity contribution in [3.05, 3.63) is 52.1 Å². The third-order valence-corrected chi connectivity index (χ3v) is 3.33. The number of nitrogens with one attached hydrogen (secondary N) is 1. The molecule has 3 N–H and O–H groups in total. The maximum Gasteiger partial charge on any atom is 0.128 e. The molecular weight excluding hydrogens is 267 g/mol. The number of rotatable bonds is 4. The zero-order valence-electron chi connectivity index (χ0n) is 10.8. The van der Waals surface area contributed by atoms with Crippen LogP contribution in [0.4, 0.5) is 4.39 Å². The van der Waals surface area contributed by atoms with Crippen LogP contribution in [0, 0.1) is 12.7 Å². The number of benzene rings is 1. The summed E-state index contributed by atoms with van der Waals surface area (Å²) in [6.07, 6.45) is 1.54. The van der Waals surface area contributed by atoms with Crippen molar-refractivity contribution < 1.29 is 4.39 Å². The smallest absolute Gasteiger partial charge is 0.128 e. The van der Waals surface area contributed by atoms with Gasteiger partial charge in [-0.2, -0.15) is 5.10 Å². The fourth-order valence-electron chi connectivity index (χ4n) is 2.11. The highest BCUT2D eigenvalue weighted by Gasteiger charge is 2.23. The average Bonchev–Trinajstić information content (AvgIpc) is 2.76. The molecule has 1 atom stereocenters. The van der Waals surface area contributed by atoms with E-state index in [-0.39, 0.29) is 5.82 Å². The summed E-state index contributed by atoms with van der Waals surface area (Å²) in [6.45, 7) is 4.47. The molecule has 1 aromatic carbocycles. The SMILES string of the molecule is CCn1ncc(Cl)c1C(NN)c1cc(C)ccc1F. The molecule has 0 amide bonds. The molecule has 2 aromatic rings. The molecule has 0 spiro atoms. The van der Waals surface area contributed by atoms with Crippen molar-refractivity contribution in [1.82, 2.24) is 15.2 Å². The van der Waals surface area contributed by atoms with Gasteiger partial charge in [-0.1, -0.05) is 29.3 Å². The van der Waals surface area contributed by atoms with E-state index in [0.29, 0.717) is 22.8 Å². The molecule has 0 fully saturated rings. The van der Waals surface area contributed by atoms with Crippen molar-refractivity contribution in [3.8, 4) is 0 Å². The summed E-state index contributed by atoms with van der Waals surface area (Å²) < 4.78 is 15.7. The van der Waals surface area contributed by atoms with E-state index >= 15 is 0 Å². The largest absolute Gasteiger partial charge is 0.271 e. The van der Waals surface area contributed by atoms with Crippen LogP contribution < -0.4 is 11.3 Å². The van der Waals surface area contributed by atoms with Gasteiger partial charge in [0, 0.05) is 12.1 Å². The minimum Gasteiger partial charge on any atom is -0.271 e. The first-order valence-electron chi connectivity index (χ1n) is 6.01. The van der Waals surface area contributed by atoms with Gasteiger partial charge in [-0.05, 0) is 19.9 Å². The van der Waals surface area contributed by atoms with Gasteiger partial charge in [-0.25, -0.2) is 9.82 Å². The van der Waals surface area contributed by atoms with E-state index in [2.05, 4.69) is 10.5 Å². The number of nitrogens with zero attached hydrogens (tertiary/aromatic N) is 2. The quantitative estimate of drug-likeness (QED) is 0.669. The highest BCUT2D eigenvalue weighted by Crippen LogP contribution is 2.29. The fourth-order valence-corrected chi connectivity index (χ4v) is 2.36. The van der Waals surface area contributed by atoms with Crippen LogP contribution in [0.5, 0.6) is 0 Å². The summed E-state index contributed by atoms with van der Waals surface area (Å²) in [5, 5.41) is 4.61. The third kappa shape index (κ3) is 2.63. The van der Waals surface area contributed by atoms with Crippen LogP contribution in [0.15, 0.2) is 24.4 Å². The molecule has 1 unspecified atom stereocenters. The maximum absolute atomic E-state index is 14.0. The Morgan fingerprint density at radius 2 is 2.26 bits per heavy atom. The Hall–Kier alpha value is -1.43. The van der Waals surface area contributed by atoms with Crippen LogP contribution in [0.1, 0.15) is 29.8 Å². The topological polar surface area (TPSA) is 55.9 Å². The van der Waals surface area contributed by atoms with Crippen LogP contribution in [0.3, 0.4) is 0 Å². The van der Waals surface area contributed by atoms with E-state index in [9.17, 15) is 4.39 Å². The molecule has 2 rings (SSSR count). The molecule has 0 bridgehead atoms. The highest BCUT2D eigenvalue weighted by molar-refractivity contribution is 6.31. The molecule has 0 aliphatic heterocycles. The van der Waals surface area contributed by atoms with Crippen LogP contribution >= 0.6 is 11.6 Å². The number of nitrogens with two attached hydrogens (primary N) is 1. The number of hydrogen-bond acceptors (Lipinski definition) is 3. The summed E-state index contributed by atoms with van der Waals surface area (Å²) in [6, 6.07) is 4.36. The zero-order chi connectivity index (χ0) is 14.0. The minimum absolute atomic E-state index is 0.325. The van der Waals surface area contributed by atoms with Crippen LogP contribution in [0.2, 0.25) is 5.02 Å². The lowest BCUT2D eigenvalue weighted by molar-refractivity contribution is 0.516. The van der Waals surface area contributed by atoms with Crippen molar-refractivity contribution in [2.24, 2.45) is 5.84 Å². The molecule has 6 heteroatoms. The van der Waals surface area contributed by atoms with Gasteiger partial charge in [-0.3, -0.25) is 10.5 Å². The Balaban J connectivity index is 2.56. The Morgan fingerprint density at radius 3 is 2.89 bits per heavy atom. The van der Waals surface area contributed by atoms with Crippen molar-refractivity contribution in [2.45, 2.75) is 26.4 Å². The molecule has 19 heavy (non-hydrogen) atoms. The maximum atomic E-state index is 14.0. The minimum atomic E-state index is -0.533. The van der Waals surface area contributed by atoms with E-state index in [1.165, 1.54) is 6.07 Å². The first-order valence-corrected chi connectivity index (χ1v) is 6.39. The van der Waals surface area contributed by atoms with E-state index in [0.717, 1.165) is 5.56 Å². The van der Waals surface area contributed by atoms with Gasteiger partial charge in [0.2, 0.25) is 0 Å². The van der Waals surface area contributed by atoms with Gasteiger partial charge in [-0.15, -0.1) is 0 Å². The predicted octanol–water partition coefficient (Wildman–Crippen LogP) is 2.56. The lowest BCUT2D eigenvalue weighted by Crippen LogP contribution is -2.31. The first-order chi connectivity index (χ1) is 9.08. The molecule has 1 heterocycles.